The number of rotatable bonds is 4. The molecule has 0 N–H and O–H groups in total. The van der Waals surface area contributed by atoms with E-state index in [2.05, 4.69) is 41.6 Å². The third kappa shape index (κ3) is 3.20. The van der Waals surface area contributed by atoms with E-state index in [1.807, 2.05) is 11.4 Å². The van der Waals surface area contributed by atoms with E-state index >= 15 is 0 Å². The Morgan fingerprint density at radius 2 is 1.84 bits per heavy atom. The molecule has 0 aliphatic carbocycles. The molecule has 0 radical (unpaired) electrons. The molecule has 0 saturated heterocycles. The largest absolute Gasteiger partial charge is 0.317 e. The minimum atomic E-state index is -0.488. The number of nitrogens with zero attached hydrogens (tertiary/aromatic N) is 5. The van der Waals surface area contributed by atoms with Crippen molar-refractivity contribution in [3.8, 4) is 27.5 Å². The highest BCUT2D eigenvalue weighted by Crippen LogP contribution is 2.35. The smallest absolute Gasteiger partial charge is 0.288 e. The Hall–Kier alpha value is -3.49. The van der Waals surface area contributed by atoms with E-state index in [0.29, 0.717) is 16.9 Å². The Morgan fingerprint density at radius 1 is 1.06 bits per heavy atom. The van der Waals surface area contributed by atoms with Gasteiger partial charge in [0.15, 0.2) is 5.65 Å². The van der Waals surface area contributed by atoms with E-state index < -0.39 is 4.92 Å². The fraction of sp³-hybridized carbons (Fsp3) is 0.0909. The van der Waals surface area contributed by atoms with Gasteiger partial charge in [-0.25, -0.2) is 9.50 Å². The van der Waals surface area contributed by atoms with Crippen LogP contribution >= 0.6 is 22.9 Å². The SMILES string of the molecule is Cc1ccc(C)n1-c1ccsc1-c1cc2nccc(-c3ccc(Cl)c([N+](=O)[O-])c3)n2n1. The Kier molecular flexibility index (Phi) is 4.60. The predicted molar refractivity (Wildman–Crippen MR) is 122 cm³/mol. The van der Waals surface area contributed by atoms with Gasteiger partial charge in [0.2, 0.25) is 0 Å². The van der Waals surface area contributed by atoms with E-state index in [0.717, 1.165) is 27.6 Å². The van der Waals surface area contributed by atoms with Gasteiger partial charge in [-0.05, 0) is 49.6 Å². The number of thiophene rings is 1. The highest BCUT2D eigenvalue weighted by molar-refractivity contribution is 7.14. The number of nitro benzene ring substituents is 1. The summed E-state index contributed by atoms with van der Waals surface area (Å²) in [5, 5.41) is 18.3. The predicted octanol–water partition coefficient (Wildman–Crippen LogP) is 6.09. The van der Waals surface area contributed by atoms with Gasteiger partial charge in [0.1, 0.15) is 10.7 Å². The average Bonchev–Trinajstić information content (AvgIpc) is 3.45. The van der Waals surface area contributed by atoms with E-state index in [1.165, 1.54) is 12.1 Å². The topological polar surface area (TPSA) is 78.3 Å². The summed E-state index contributed by atoms with van der Waals surface area (Å²) in [6, 6.07) is 14.7. The van der Waals surface area contributed by atoms with Crippen molar-refractivity contribution in [2.24, 2.45) is 0 Å². The summed E-state index contributed by atoms with van der Waals surface area (Å²) in [7, 11) is 0. The molecular weight excluding hydrogens is 434 g/mol. The quantitative estimate of drug-likeness (QED) is 0.245. The molecule has 4 heterocycles. The molecule has 0 bridgehead atoms. The van der Waals surface area contributed by atoms with Crippen LogP contribution in [0.2, 0.25) is 5.02 Å². The van der Waals surface area contributed by atoms with E-state index in [-0.39, 0.29) is 10.7 Å². The van der Waals surface area contributed by atoms with Gasteiger partial charge in [-0.2, -0.15) is 5.10 Å². The van der Waals surface area contributed by atoms with Crippen molar-refractivity contribution in [2.45, 2.75) is 13.8 Å². The zero-order valence-electron chi connectivity index (χ0n) is 16.6. The lowest BCUT2D eigenvalue weighted by molar-refractivity contribution is -0.384. The molecule has 9 heteroatoms. The zero-order valence-corrected chi connectivity index (χ0v) is 18.2. The van der Waals surface area contributed by atoms with Gasteiger partial charge in [-0.3, -0.25) is 10.1 Å². The number of fused-ring (bicyclic) bond motifs is 1. The van der Waals surface area contributed by atoms with Gasteiger partial charge in [0, 0.05) is 35.3 Å². The van der Waals surface area contributed by atoms with E-state index in [9.17, 15) is 10.1 Å². The Balaban J connectivity index is 1.67. The molecule has 7 nitrogen and oxygen atoms in total. The molecule has 154 valence electrons. The second kappa shape index (κ2) is 7.33. The maximum absolute atomic E-state index is 11.3. The van der Waals surface area contributed by atoms with Crippen LogP contribution in [0, 0.1) is 24.0 Å². The fourth-order valence-corrected chi connectivity index (χ4v) is 4.78. The fourth-order valence-electron chi connectivity index (χ4n) is 3.76. The lowest BCUT2D eigenvalue weighted by atomic mass is 10.1. The summed E-state index contributed by atoms with van der Waals surface area (Å²) >= 11 is 7.60. The van der Waals surface area contributed by atoms with Crippen LogP contribution in [0.25, 0.3) is 33.2 Å². The van der Waals surface area contributed by atoms with Crippen LogP contribution in [0.15, 0.2) is 60.1 Å². The molecule has 5 aromatic rings. The van der Waals surface area contributed by atoms with Gasteiger partial charge in [-0.1, -0.05) is 17.7 Å². The highest BCUT2D eigenvalue weighted by atomic mass is 35.5. The molecule has 0 saturated carbocycles. The van der Waals surface area contributed by atoms with Gasteiger partial charge in [0.05, 0.1) is 21.2 Å². The number of aryl methyl sites for hydroxylation is 2. The molecule has 5 rings (SSSR count). The van der Waals surface area contributed by atoms with Crippen LogP contribution in [-0.2, 0) is 0 Å². The van der Waals surface area contributed by atoms with Crippen LogP contribution in [0.5, 0.6) is 0 Å². The molecule has 1 aromatic carbocycles. The van der Waals surface area contributed by atoms with Crippen LogP contribution in [0.3, 0.4) is 0 Å². The second-order valence-corrected chi connectivity index (χ2v) is 8.46. The van der Waals surface area contributed by atoms with Crippen molar-refractivity contribution >= 4 is 34.3 Å². The van der Waals surface area contributed by atoms with Crippen molar-refractivity contribution in [1.29, 1.82) is 0 Å². The molecule has 0 unspecified atom stereocenters. The van der Waals surface area contributed by atoms with Crippen molar-refractivity contribution in [3.05, 3.63) is 86.6 Å². The molecule has 0 fully saturated rings. The summed E-state index contributed by atoms with van der Waals surface area (Å²) < 4.78 is 3.91. The zero-order chi connectivity index (χ0) is 21.7. The number of benzene rings is 1. The third-order valence-electron chi connectivity index (χ3n) is 5.19. The molecule has 0 aliphatic heterocycles. The first-order valence-corrected chi connectivity index (χ1v) is 10.7. The Labute approximate surface area is 186 Å². The molecular formula is C22H16ClN5O2S. The van der Waals surface area contributed by atoms with Gasteiger partial charge >= 0.3 is 0 Å². The lowest BCUT2D eigenvalue weighted by Gasteiger charge is -2.09. The first kappa shape index (κ1) is 19.5. The summed E-state index contributed by atoms with van der Waals surface area (Å²) in [5.41, 5.74) is 6.00. The summed E-state index contributed by atoms with van der Waals surface area (Å²) in [6.07, 6.45) is 1.67. The van der Waals surface area contributed by atoms with Crippen LogP contribution < -0.4 is 0 Å². The standard InChI is InChI=1S/C22H16ClN5O2S/c1-13-3-4-14(2)26(13)19-8-10-31-22(19)17-12-21-24-9-7-18(27(21)25-17)15-5-6-16(23)20(11-15)28(29)30/h3-12H,1-2H3. The summed E-state index contributed by atoms with van der Waals surface area (Å²) in [6.45, 7) is 4.15. The number of hydrogen-bond donors (Lipinski definition) is 0. The molecule has 0 amide bonds. The normalized spacial score (nSPS) is 11.3. The van der Waals surface area contributed by atoms with Crippen molar-refractivity contribution in [3.63, 3.8) is 0 Å². The highest BCUT2D eigenvalue weighted by Gasteiger charge is 2.18. The molecule has 0 atom stereocenters. The van der Waals surface area contributed by atoms with Gasteiger partial charge < -0.3 is 4.57 Å². The van der Waals surface area contributed by atoms with Gasteiger partial charge in [-0.15, -0.1) is 11.3 Å². The summed E-state index contributed by atoms with van der Waals surface area (Å²) in [4.78, 5) is 16.3. The number of halogens is 1. The molecule has 0 spiro atoms. The van der Waals surface area contributed by atoms with Crippen molar-refractivity contribution in [2.75, 3.05) is 0 Å². The van der Waals surface area contributed by atoms with Crippen LogP contribution in [0.1, 0.15) is 11.4 Å². The Morgan fingerprint density at radius 3 is 2.58 bits per heavy atom. The maximum Gasteiger partial charge on any atom is 0.288 e. The van der Waals surface area contributed by atoms with Gasteiger partial charge in [0.25, 0.3) is 5.69 Å². The van der Waals surface area contributed by atoms with Crippen molar-refractivity contribution < 1.29 is 4.92 Å². The number of hydrogen-bond acceptors (Lipinski definition) is 5. The van der Waals surface area contributed by atoms with E-state index in [4.69, 9.17) is 16.7 Å². The number of nitro groups is 1. The first-order valence-electron chi connectivity index (χ1n) is 9.46. The van der Waals surface area contributed by atoms with Crippen molar-refractivity contribution in [1.82, 2.24) is 19.2 Å². The third-order valence-corrected chi connectivity index (χ3v) is 6.43. The summed E-state index contributed by atoms with van der Waals surface area (Å²) in [5.74, 6) is 0. The minimum Gasteiger partial charge on any atom is -0.317 e. The Bertz CT molecular complexity index is 1450. The maximum atomic E-state index is 11.3. The minimum absolute atomic E-state index is 0.0980. The van der Waals surface area contributed by atoms with Crippen LogP contribution in [-0.4, -0.2) is 24.1 Å². The molecule has 4 aromatic heterocycles. The monoisotopic (exact) mass is 449 g/mol. The second-order valence-electron chi connectivity index (χ2n) is 7.14. The first-order chi connectivity index (χ1) is 14.9. The molecule has 31 heavy (non-hydrogen) atoms. The number of aromatic nitrogens is 4. The average molecular weight is 450 g/mol. The van der Waals surface area contributed by atoms with Crippen LogP contribution in [0.4, 0.5) is 5.69 Å². The molecule has 0 aliphatic rings. The lowest BCUT2D eigenvalue weighted by Crippen LogP contribution is -1.99. The van der Waals surface area contributed by atoms with E-state index in [1.54, 1.807) is 34.2 Å².